The van der Waals surface area contributed by atoms with Crippen LogP contribution in [0.2, 0.25) is 5.02 Å². The molecule has 0 aliphatic rings. The summed E-state index contributed by atoms with van der Waals surface area (Å²) in [4.78, 5) is 16.6. The summed E-state index contributed by atoms with van der Waals surface area (Å²) < 4.78 is 1.50. The van der Waals surface area contributed by atoms with Gasteiger partial charge in [0.05, 0.1) is 9.90 Å². The molecular weight excluding hydrogens is 272 g/mol. The standard InChI is InChI=1S/C12H7ClN2O2S/c13-7-3-1-5-15-10(12(16)17)9(14-11(7)15)8-4-2-6-18-8/h1-6H,(H,16,17). The van der Waals surface area contributed by atoms with Crippen molar-refractivity contribution in [1.82, 2.24) is 9.38 Å². The van der Waals surface area contributed by atoms with Gasteiger partial charge in [0.2, 0.25) is 0 Å². The maximum Gasteiger partial charge on any atom is 0.355 e. The van der Waals surface area contributed by atoms with Gasteiger partial charge in [0, 0.05) is 6.20 Å². The van der Waals surface area contributed by atoms with Gasteiger partial charge in [-0.3, -0.25) is 4.40 Å². The fourth-order valence-corrected chi connectivity index (χ4v) is 2.74. The van der Waals surface area contributed by atoms with Crippen LogP contribution in [0.15, 0.2) is 35.8 Å². The number of carbonyl (C=O) groups is 1. The molecule has 0 aromatic carbocycles. The number of fused-ring (bicyclic) bond motifs is 1. The Kier molecular flexibility index (Phi) is 2.57. The first-order valence-corrected chi connectivity index (χ1v) is 6.38. The fourth-order valence-electron chi connectivity index (χ4n) is 1.82. The lowest BCUT2D eigenvalue weighted by Crippen LogP contribution is -2.03. The normalized spacial score (nSPS) is 10.9. The van der Waals surface area contributed by atoms with Crippen molar-refractivity contribution in [2.24, 2.45) is 0 Å². The van der Waals surface area contributed by atoms with Gasteiger partial charge in [-0.05, 0) is 23.6 Å². The van der Waals surface area contributed by atoms with Gasteiger partial charge < -0.3 is 5.11 Å². The van der Waals surface area contributed by atoms with Gasteiger partial charge in [-0.15, -0.1) is 11.3 Å². The molecule has 0 aliphatic carbocycles. The van der Waals surface area contributed by atoms with Crippen LogP contribution in [0.25, 0.3) is 16.2 Å². The number of aromatic nitrogens is 2. The number of halogens is 1. The van der Waals surface area contributed by atoms with E-state index in [1.54, 1.807) is 18.3 Å². The topological polar surface area (TPSA) is 54.6 Å². The lowest BCUT2D eigenvalue weighted by molar-refractivity contribution is 0.0690. The minimum absolute atomic E-state index is 0.134. The Morgan fingerprint density at radius 1 is 1.39 bits per heavy atom. The smallest absolute Gasteiger partial charge is 0.355 e. The largest absolute Gasteiger partial charge is 0.476 e. The number of carboxylic acid groups (broad SMARTS) is 1. The molecule has 4 nitrogen and oxygen atoms in total. The molecule has 3 heterocycles. The molecule has 0 fully saturated rings. The third kappa shape index (κ3) is 1.60. The molecule has 0 aliphatic heterocycles. The molecule has 3 rings (SSSR count). The van der Waals surface area contributed by atoms with E-state index < -0.39 is 5.97 Å². The molecule has 0 saturated heterocycles. The molecule has 18 heavy (non-hydrogen) atoms. The zero-order chi connectivity index (χ0) is 12.7. The van der Waals surface area contributed by atoms with Crippen LogP contribution < -0.4 is 0 Å². The number of imidazole rings is 1. The molecule has 0 bridgehead atoms. The van der Waals surface area contributed by atoms with Crippen LogP contribution in [0.4, 0.5) is 0 Å². The van der Waals surface area contributed by atoms with Crippen molar-refractivity contribution in [3.8, 4) is 10.6 Å². The first kappa shape index (κ1) is 11.3. The zero-order valence-corrected chi connectivity index (χ0v) is 10.6. The summed E-state index contributed by atoms with van der Waals surface area (Å²) in [6.45, 7) is 0. The second-order valence-electron chi connectivity index (χ2n) is 3.64. The van der Waals surface area contributed by atoms with Crippen LogP contribution in [0.1, 0.15) is 10.5 Å². The number of pyridine rings is 1. The van der Waals surface area contributed by atoms with Crippen molar-refractivity contribution in [2.45, 2.75) is 0 Å². The van der Waals surface area contributed by atoms with Crippen LogP contribution in [0.5, 0.6) is 0 Å². The van der Waals surface area contributed by atoms with Crippen LogP contribution >= 0.6 is 22.9 Å². The Hall–Kier alpha value is -1.85. The van der Waals surface area contributed by atoms with Crippen LogP contribution in [0, 0.1) is 0 Å². The Morgan fingerprint density at radius 3 is 2.89 bits per heavy atom. The highest BCUT2D eigenvalue weighted by Crippen LogP contribution is 2.30. The first-order chi connectivity index (χ1) is 8.68. The van der Waals surface area contributed by atoms with Crippen LogP contribution in [-0.4, -0.2) is 20.5 Å². The van der Waals surface area contributed by atoms with Crippen molar-refractivity contribution in [1.29, 1.82) is 0 Å². The summed E-state index contributed by atoms with van der Waals surface area (Å²) in [6, 6.07) is 7.08. The molecule has 0 radical (unpaired) electrons. The van der Waals surface area contributed by atoms with E-state index in [9.17, 15) is 9.90 Å². The highest BCUT2D eigenvalue weighted by Gasteiger charge is 2.21. The fraction of sp³-hybridized carbons (Fsp3) is 0. The first-order valence-electron chi connectivity index (χ1n) is 5.12. The van der Waals surface area contributed by atoms with E-state index in [0.717, 1.165) is 4.88 Å². The van der Waals surface area contributed by atoms with Gasteiger partial charge in [0.1, 0.15) is 5.69 Å². The lowest BCUT2D eigenvalue weighted by atomic mass is 10.3. The Bertz CT molecular complexity index is 734. The third-order valence-electron chi connectivity index (χ3n) is 2.56. The number of hydrogen-bond acceptors (Lipinski definition) is 3. The molecule has 6 heteroatoms. The molecule has 0 amide bonds. The number of hydrogen-bond donors (Lipinski definition) is 1. The second-order valence-corrected chi connectivity index (χ2v) is 5.00. The Morgan fingerprint density at radius 2 is 2.22 bits per heavy atom. The molecule has 1 N–H and O–H groups in total. The minimum atomic E-state index is -1.02. The third-order valence-corrected chi connectivity index (χ3v) is 3.73. The van der Waals surface area contributed by atoms with Crippen molar-refractivity contribution in [3.05, 3.63) is 46.6 Å². The van der Waals surface area contributed by atoms with E-state index in [4.69, 9.17) is 11.6 Å². The number of nitrogens with zero attached hydrogens (tertiary/aromatic N) is 2. The quantitative estimate of drug-likeness (QED) is 0.781. The molecule has 0 saturated carbocycles. The molecule has 3 aromatic heterocycles. The monoisotopic (exact) mass is 278 g/mol. The Balaban J connectivity index is 2.41. The van der Waals surface area contributed by atoms with Crippen LogP contribution in [0.3, 0.4) is 0 Å². The van der Waals surface area contributed by atoms with Gasteiger partial charge in [-0.1, -0.05) is 17.7 Å². The lowest BCUT2D eigenvalue weighted by Gasteiger charge is -1.98. The van der Waals surface area contributed by atoms with E-state index >= 15 is 0 Å². The highest BCUT2D eigenvalue weighted by molar-refractivity contribution is 7.13. The van der Waals surface area contributed by atoms with Crippen molar-refractivity contribution in [2.75, 3.05) is 0 Å². The molecule has 0 spiro atoms. The maximum absolute atomic E-state index is 11.4. The predicted octanol–water partition coefficient (Wildman–Crippen LogP) is 3.41. The molecule has 90 valence electrons. The summed E-state index contributed by atoms with van der Waals surface area (Å²) >= 11 is 7.48. The summed E-state index contributed by atoms with van der Waals surface area (Å²) in [5.41, 5.74) is 1.04. The SMILES string of the molecule is O=C(O)c1c(-c2cccs2)nc2c(Cl)cccn12. The van der Waals surface area contributed by atoms with Crippen molar-refractivity contribution < 1.29 is 9.90 Å². The van der Waals surface area contributed by atoms with Gasteiger partial charge in [-0.25, -0.2) is 9.78 Å². The number of carboxylic acids is 1. The van der Waals surface area contributed by atoms with Crippen LogP contribution in [-0.2, 0) is 0 Å². The van der Waals surface area contributed by atoms with Gasteiger partial charge in [0.15, 0.2) is 11.3 Å². The molecule has 0 unspecified atom stereocenters. The average molecular weight is 279 g/mol. The summed E-state index contributed by atoms with van der Waals surface area (Å²) in [5, 5.41) is 11.7. The van der Waals surface area contributed by atoms with Crippen molar-refractivity contribution in [3.63, 3.8) is 0 Å². The van der Waals surface area contributed by atoms with E-state index in [2.05, 4.69) is 4.98 Å². The molecular formula is C12H7ClN2O2S. The summed E-state index contributed by atoms with van der Waals surface area (Å²) in [7, 11) is 0. The van der Waals surface area contributed by atoms with Gasteiger partial charge in [-0.2, -0.15) is 0 Å². The second kappa shape index (κ2) is 4.12. The highest BCUT2D eigenvalue weighted by atomic mass is 35.5. The number of aromatic carboxylic acids is 1. The van der Waals surface area contributed by atoms with E-state index in [1.807, 2.05) is 17.5 Å². The molecule has 3 aromatic rings. The Labute approximate surface area is 111 Å². The van der Waals surface area contributed by atoms with E-state index in [0.29, 0.717) is 16.4 Å². The summed E-state index contributed by atoms with van der Waals surface area (Å²) in [6.07, 6.45) is 1.65. The zero-order valence-electron chi connectivity index (χ0n) is 9.00. The molecule has 0 atom stereocenters. The van der Waals surface area contributed by atoms with Gasteiger partial charge >= 0.3 is 5.97 Å². The maximum atomic E-state index is 11.4. The summed E-state index contributed by atoms with van der Waals surface area (Å²) in [5.74, 6) is -1.02. The average Bonchev–Trinajstić information content (AvgIpc) is 2.95. The van der Waals surface area contributed by atoms with E-state index in [1.165, 1.54) is 15.7 Å². The number of thiophene rings is 1. The predicted molar refractivity (Wildman–Crippen MR) is 70.5 cm³/mol. The minimum Gasteiger partial charge on any atom is -0.476 e. The van der Waals surface area contributed by atoms with Crippen molar-refractivity contribution >= 4 is 34.6 Å². The number of rotatable bonds is 2. The van der Waals surface area contributed by atoms with E-state index in [-0.39, 0.29) is 5.69 Å². The van der Waals surface area contributed by atoms with Gasteiger partial charge in [0.25, 0.3) is 0 Å².